The van der Waals surface area contributed by atoms with E-state index in [4.69, 9.17) is 4.74 Å². The van der Waals surface area contributed by atoms with E-state index >= 15 is 0 Å². The number of nitrogens with one attached hydrogen (secondary N) is 1. The van der Waals surface area contributed by atoms with Gasteiger partial charge in [-0.2, -0.15) is 4.31 Å². The van der Waals surface area contributed by atoms with Gasteiger partial charge in [0.15, 0.2) is 0 Å². The molecule has 2 aromatic rings. The van der Waals surface area contributed by atoms with E-state index in [1.165, 1.54) is 16.4 Å². The summed E-state index contributed by atoms with van der Waals surface area (Å²) in [5.74, 6) is -0.329. The molecule has 0 aromatic heterocycles. The van der Waals surface area contributed by atoms with E-state index < -0.39 is 10.0 Å². The predicted molar refractivity (Wildman–Crippen MR) is 100 cm³/mol. The van der Waals surface area contributed by atoms with Gasteiger partial charge in [-0.15, -0.1) is 0 Å². The van der Waals surface area contributed by atoms with Crippen molar-refractivity contribution in [2.24, 2.45) is 0 Å². The van der Waals surface area contributed by atoms with Crippen molar-refractivity contribution in [3.8, 4) is 0 Å². The lowest BCUT2D eigenvalue weighted by Gasteiger charge is -2.21. The highest BCUT2D eigenvalue weighted by molar-refractivity contribution is 7.89. The van der Waals surface area contributed by atoms with E-state index in [2.05, 4.69) is 5.32 Å². The molecule has 140 valence electrons. The molecule has 7 heteroatoms. The van der Waals surface area contributed by atoms with Crippen molar-refractivity contribution < 1.29 is 17.9 Å². The van der Waals surface area contributed by atoms with Crippen LogP contribution in [-0.4, -0.2) is 45.4 Å². The summed E-state index contributed by atoms with van der Waals surface area (Å²) < 4.78 is 32.2. The van der Waals surface area contributed by atoms with Crippen molar-refractivity contribution >= 4 is 15.9 Å². The zero-order chi connectivity index (χ0) is 19.0. The second-order valence-electron chi connectivity index (χ2n) is 5.69. The second-order valence-corrected chi connectivity index (χ2v) is 7.63. The smallest absolute Gasteiger partial charge is 0.251 e. The van der Waals surface area contributed by atoms with Crippen LogP contribution in [0.4, 0.5) is 0 Å². The lowest BCUT2D eigenvalue weighted by molar-refractivity contribution is 0.0937. The molecule has 0 aliphatic rings. The van der Waals surface area contributed by atoms with Gasteiger partial charge in [-0.25, -0.2) is 8.42 Å². The van der Waals surface area contributed by atoms with E-state index in [1.54, 1.807) is 26.2 Å². The molecule has 0 spiro atoms. The van der Waals surface area contributed by atoms with Crippen molar-refractivity contribution in [3.63, 3.8) is 0 Å². The van der Waals surface area contributed by atoms with Crippen LogP contribution in [0, 0.1) is 0 Å². The molecule has 0 aliphatic heterocycles. The largest absolute Gasteiger partial charge is 0.383 e. The molecule has 1 amide bonds. The van der Waals surface area contributed by atoms with E-state index in [0.717, 1.165) is 5.56 Å². The summed E-state index contributed by atoms with van der Waals surface area (Å²) >= 11 is 0. The summed E-state index contributed by atoms with van der Waals surface area (Å²) in [7, 11) is -2.15. The van der Waals surface area contributed by atoms with Crippen molar-refractivity contribution in [1.29, 1.82) is 0 Å². The van der Waals surface area contributed by atoms with Gasteiger partial charge in [0.05, 0.1) is 11.5 Å². The number of carbonyl (C=O) groups excluding carboxylic acids is 1. The lowest BCUT2D eigenvalue weighted by Crippen LogP contribution is -2.31. The molecule has 0 unspecified atom stereocenters. The Morgan fingerprint density at radius 1 is 1.12 bits per heavy atom. The number of nitrogens with zero attached hydrogens (tertiary/aromatic N) is 1. The van der Waals surface area contributed by atoms with E-state index in [0.29, 0.717) is 25.3 Å². The number of carbonyl (C=O) groups is 1. The number of amides is 1. The molecule has 0 bridgehead atoms. The number of benzene rings is 2. The van der Waals surface area contributed by atoms with Gasteiger partial charge in [0.1, 0.15) is 0 Å². The molecule has 2 aromatic carbocycles. The molecule has 0 atom stereocenters. The molecule has 6 nitrogen and oxygen atoms in total. The highest BCUT2D eigenvalue weighted by Gasteiger charge is 2.24. The monoisotopic (exact) mass is 376 g/mol. The maximum atomic E-state index is 13.0. The number of sulfonamides is 1. The first-order valence-electron chi connectivity index (χ1n) is 8.40. The number of hydrogen-bond donors (Lipinski definition) is 1. The SMILES string of the molecule is CCN(Cc1ccccc1)S(=O)(=O)c1cccc(C(=O)NCCOC)c1. The lowest BCUT2D eigenvalue weighted by atomic mass is 10.2. The summed E-state index contributed by atoms with van der Waals surface area (Å²) in [4.78, 5) is 12.3. The minimum absolute atomic E-state index is 0.106. The third-order valence-corrected chi connectivity index (χ3v) is 5.80. The summed E-state index contributed by atoms with van der Waals surface area (Å²) in [5.41, 5.74) is 1.21. The first kappa shape index (κ1) is 20.1. The van der Waals surface area contributed by atoms with Gasteiger partial charge in [-0.05, 0) is 23.8 Å². The van der Waals surface area contributed by atoms with Gasteiger partial charge in [0.2, 0.25) is 10.0 Å². The molecule has 0 aliphatic carbocycles. The molecule has 26 heavy (non-hydrogen) atoms. The topological polar surface area (TPSA) is 75.7 Å². The Morgan fingerprint density at radius 2 is 1.85 bits per heavy atom. The van der Waals surface area contributed by atoms with Gasteiger partial charge in [0.25, 0.3) is 5.91 Å². The number of hydrogen-bond acceptors (Lipinski definition) is 4. The Kier molecular flexibility index (Phi) is 7.32. The first-order chi connectivity index (χ1) is 12.5. The van der Waals surface area contributed by atoms with Crippen LogP contribution in [0.25, 0.3) is 0 Å². The minimum Gasteiger partial charge on any atom is -0.383 e. The van der Waals surface area contributed by atoms with Gasteiger partial charge in [-0.1, -0.05) is 43.3 Å². The zero-order valence-electron chi connectivity index (χ0n) is 15.0. The molecular formula is C19H24N2O4S. The molecular weight excluding hydrogens is 352 g/mol. The Morgan fingerprint density at radius 3 is 2.50 bits per heavy atom. The third kappa shape index (κ3) is 5.14. The van der Waals surface area contributed by atoms with Crippen molar-refractivity contribution in [1.82, 2.24) is 9.62 Å². The maximum Gasteiger partial charge on any atom is 0.251 e. The van der Waals surface area contributed by atoms with Crippen molar-refractivity contribution in [2.45, 2.75) is 18.4 Å². The van der Waals surface area contributed by atoms with Crippen LogP contribution in [0.3, 0.4) is 0 Å². The van der Waals surface area contributed by atoms with Crippen LogP contribution in [0.5, 0.6) is 0 Å². The first-order valence-corrected chi connectivity index (χ1v) is 9.84. The molecule has 0 heterocycles. The summed E-state index contributed by atoms with van der Waals surface area (Å²) in [6.45, 7) is 3.17. The van der Waals surface area contributed by atoms with Crippen LogP contribution in [0.15, 0.2) is 59.5 Å². The van der Waals surface area contributed by atoms with Gasteiger partial charge < -0.3 is 10.1 Å². The van der Waals surface area contributed by atoms with Crippen LogP contribution < -0.4 is 5.32 Å². The second kappa shape index (κ2) is 9.47. The number of methoxy groups -OCH3 is 1. The molecule has 2 rings (SSSR count). The van der Waals surface area contributed by atoms with Crippen LogP contribution in [0.2, 0.25) is 0 Å². The molecule has 0 saturated heterocycles. The fourth-order valence-corrected chi connectivity index (χ4v) is 3.95. The number of rotatable bonds is 9. The van der Waals surface area contributed by atoms with Gasteiger partial charge in [0, 0.05) is 32.3 Å². The highest BCUT2D eigenvalue weighted by atomic mass is 32.2. The fourth-order valence-electron chi connectivity index (χ4n) is 2.47. The van der Waals surface area contributed by atoms with E-state index in [1.807, 2.05) is 30.3 Å². The van der Waals surface area contributed by atoms with E-state index in [9.17, 15) is 13.2 Å². The average Bonchev–Trinajstić information content (AvgIpc) is 2.67. The fraction of sp³-hybridized carbons (Fsp3) is 0.316. The highest BCUT2D eigenvalue weighted by Crippen LogP contribution is 2.19. The van der Waals surface area contributed by atoms with Crippen LogP contribution in [-0.2, 0) is 21.3 Å². The normalized spacial score (nSPS) is 11.5. The Labute approximate surface area is 154 Å². The Bertz CT molecular complexity index is 822. The summed E-state index contributed by atoms with van der Waals surface area (Å²) in [6.07, 6.45) is 0. The zero-order valence-corrected chi connectivity index (χ0v) is 15.8. The van der Waals surface area contributed by atoms with Crippen LogP contribution >= 0.6 is 0 Å². The van der Waals surface area contributed by atoms with Gasteiger partial charge >= 0.3 is 0 Å². The van der Waals surface area contributed by atoms with Crippen molar-refractivity contribution in [3.05, 3.63) is 65.7 Å². The predicted octanol–water partition coefficient (Wildman–Crippen LogP) is 2.27. The molecule has 1 N–H and O–H groups in total. The summed E-state index contributed by atoms with van der Waals surface area (Å²) in [5, 5.41) is 2.69. The third-order valence-electron chi connectivity index (χ3n) is 3.88. The average molecular weight is 376 g/mol. The Balaban J connectivity index is 2.21. The minimum atomic E-state index is -3.70. The molecule has 0 radical (unpaired) electrons. The van der Waals surface area contributed by atoms with Crippen LogP contribution in [0.1, 0.15) is 22.8 Å². The maximum absolute atomic E-state index is 13.0. The quantitative estimate of drug-likeness (QED) is 0.681. The van der Waals surface area contributed by atoms with Gasteiger partial charge in [-0.3, -0.25) is 4.79 Å². The number of ether oxygens (including phenoxy) is 1. The Hall–Kier alpha value is -2.22. The van der Waals surface area contributed by atoms with Crippen molar-refractivity contribution in [2.75, 3.05) is 26.8 Å². The molecule has 0 saturated carbocycles. The summed E-state index contributed by atoms with van der Waals surface area (Å²) in [6, 6.07) is 15.5. The standard InChI is InChI=1S/C19H24N2O4S/c1-3-21(15-16-8-5-4-6-9-16)26(23,24)18-11-7-10-17(14-18)19(22)20-12-13-25-2/h4-11,14H,3,12-13,15H2,1-2H3,(H,20,22). The van der Waals surface area contributed by atoms with E-state index in [-0.39, 0.29) is 17.3 Å². The molecule has 0 fully saturated rings.